The number of amides is 1. The molecule has 0 radical (unpaired) electrons. The second-order valence-electron chi connectivity index (χ2n) is 5.33. The molecule has 0 atom stereocenters. The van der Waals surface area contributed by atoms with E-state index in [1.165, 1.54) is 32.1 Å². The number of unbranched alkanes of at least 4 members (excludes halogenated alkanes) is 5. The molecule has 0 spiro atoms. The van der Waals surface area contributed by atoms with Crippen LogP contribution in [0.2, 0.25) is 0 Å². The van der Waals surface area contributed by atoms with E-state index in [0.717, 1.165) is 32.6 Å². The average molecular weight is 265 g/mol. The zero-order chi connectivity index (χ0) is 13.9. The minimum atomic E-state index is 0.298. The Morgan fingerprint density at radius 3 is 2.32 bits per heavy atom. The predicted molar refractivity (Wildman–Crippen MR) is 76.6 cm³/mol. The molecule has 4 nitrogen and oxygen atoms in total. The molecule has 0 aromatic heterocycles. The standard InChI is InChI=1S/C15H27N3O/c1-2-3-4-5-6-7-8-15(19)18-13-11-17(10-9-16)12-14-18/h2-8,10-14H2,1H3. The molecule has 0 saturated carbocycles. The van der Waals surface area contributed by atoms with Crippen LogP contribution in [0.25, 0.3) is 0 Å². The number of nitrogens with zero attached hydrogens (tertiary/aromatic N) is 3. The fourth-order valence-electron chi connectivity index (χ4n) is 2.47. The van der Waals surface area contributed by atoms with Gasteiger partial charge in [-0.3, -0.25) is 9.69 Å². The number of piperazine rings is 1. The molecule has 1 saturated heterocycles. The van der Waals surface area contributed by atoms with E-state index in [1.54, 1.807) is 0 Å². The van der Waals surface area contributed by atoms with E-state index in [2.05, 4.69) is 17.9 Å². The topological polar surface area (TPSA) is 47.3 Å². The van der Waals surface area contributed by atoms with Crippen LogP contribution in [-0.2, 0) is 4.79 Å². The maximum Gasteiger partial charge on any atom is 0.222 e. The van der Waals surface area contributed by atoms with Crippen LogP contribution in [0.1, 0.15) is 51.9 Å². The van der Waals surface area contributed by atoms with Crippen LogP contribution < -0.4 is 0 Å². The average Bonchev–Trinajstić information content (AvgIpc) is 2.43. The fourth-order valence-corrected chi connectivity index (χ4v) is 2.47. The highest BCUT2D eigenvalue weighted by atomic mass is 16.2. The lowest BCUT2D eigenvalue weighted by Crippen LogP contribution is -2.48. The summed E-state index contributed by atoms with van der Waals surface area (Å²) in [6.45, 7) is 5.97. The van der Waals surface area contributed by atoms with E-state index in [-0.39, 0.29) is 0 Å². The highest BCUT2D eigenvalue weighted by Crippen LogP contribution is 2.10. The Morgan fingerprint density at radius 1 is 1.05 bits per heavy atom. The van der Waals surface area contributed by atoms with Crippen molar-refractivity contribution in [3.8, 4) is 6.07 Å². The highest BCUT2D eigenvalue weighted by molar-refractivity contribution is 5.76. The van der Waals surface area contributed by atoms with Gasteiger partial charge in [0.1, 0.15) is 0 Å². The molecule has 1 heterocycles. The number of hydrogen-bond acceptors (Lipinski definition) is 3. The quantitative estimate of drug-likeness (QED) is 0.500. The van der Waals surface area contributed by atoms with Gasteiger partial charge in [0.15, 0.2) is 0 Å². The minimum absolute atomic E-state index is 0.298. The molecule has 0 aromatic rings. The van der Waals surface area contributed by atoms with Gasteiger partial charge < -0.3 is 4.90 Å². The van der Waals surface area contributed by atoms with Crippen LogP contribution in [0, 0.1) is 11.3 Å². The van der Waals surface area contributed by atoms with Gasteiger partial charge in [-0.15, -0.1) is 0 Å². The van der Waals surface area contributed by atoms with E-state index in [4.69, 9.17) is 5.26 Å². The summed E-state index contributed by atoms with van der Waals surface area (Å²) in [7, 11) is 0. The Labute approximate surface area is 117 Å². The van der Waals surface area contributed by atoms with Crippen LogP contribution in [0.5, 0.6) is 0 Å². The van der Waals surface area contributed by atoms with Crippen molar-refractivity contribution in [1.29, 1.82) is 5.26 Å². The Hall–Kier alpha value is -1.08. The van der Waals surface area contributed by atoms with Crippen LogP contribution in [0.15, 0.2) is 0 Å². The van der Waals surface area contributed by atoms with Crippen molar-refractivity contribution in [3.63, 3.8) is 0 Å². The molecule has 0 bridgehead atoms. The lowest BCUT2D eigenvalue weighted by molar-refractivity contribution is -0.133. The highest BCUT2D eigenvalue weighted by Gasteiger charge is 2.19. The fraction of sp³-hybridized carbons (Fsp3) is 0.867. The van der Waals surface area contributed by atoms with E-state index in [0.29, 0.717) is 18.9 Å². The first-order valence-corrected chi connectivity index (χ1v) is 7.65. The molecule has 0 aromatic carbocycles. The predicted octanol–water partition coefficient (Wildman–Crippen LogP) is 2.40. The van der Waals surface area contributed by atoms with Crippen molar-refractivity contribution in [1.82, 2.24) is 9.80 Å². The Balaban J connectivity index is 2.06. The second kappa shape index (κ2) is 9.80. The lowest BCUT2D eigenvalue weighted by Gasteiger charge is -2.33. The third-order valence-corrected chi connectivity index (χ3v) is 3.76. The zero-order valence-electron chi connectivity index (χ0n) is 12.2. The molecule has 4 heteroatoms. The largest absolute Gasteiger partial charge is 0.340 e. The summed E-state index contributed by atoms with van der Waals surface area (Å²) in [5.41, 5.74) is 0. The SMILES string of the molecule is CCCCCCCCC(=O)N1CCN(CC#N)CC1. The van der Waals surface area contributed by atoms with Crippen molar-refractivity contribution in [2.24, 2.45) is 0 Å². The molecule has 1 aliphatic heterocycles. The summed E-state index contributed by atoms with van der Waals surface area (Å²) < 4.78 is 0. The van der Waals surface area contributed by atoms with Gasteiger partial charge in [0.2, 0.25) is 5.91 Å². The molecule has 1 rings (SSSR count). The maximum atomic E-state index is 12.0. The molecule has 1 fully saturated rings. The second-order valence-corrected chi connectivity index (χ2v) is 5.33. The number of rotatable bonds is 8. The lowest BCUT2D eigenvalue weighted by atomic mass is 10.1. The summed E-state index contributed by atoms with van der Waals surface area (Å²) in [5.74, 6) is 0.298. The molecule has 0 unspecified atom stereocenters. The van der Waals surface area contributed by atoms with E-state index < -0.39 is 0 Å². The van der Waals surface area contributed by atoms with Crippen LogP contribution in [0.4, 0.5) is 0 Å². The van der Waals surface area contributed by atoms with Crippen LogP contribution in [-0.4, -0.2) is 48.4 Å². The smallest absolute Gasteiger partial charge is 0.222 e. The van der Waals surface area contributed by atoms with Gasteiger partial charge in [-0.25, -0.2) is 0 Å². The van der Waals surface area contributed by atoms with Crippen molar-refractivity contribution in [2.75, 3.05) is 32.7 Å². The first kappa shape index (κ1) is 16.0. The van der Waals surface area contributed by atoms with Crippen molar-refractivity contribution >= 4 is 5.91 Å². The summed E-state index contributed by atoms with van der Waals surface area (Å²) in [6.07, 6.45) is 8.06. The number of carbonyl (C=O) groups is 1. The zero-order valence-corrected chi connectivity index (χ0v) is 12.2. The van der Waals surface area contributed by atoms with Gasteiger partial charge in [-0.05, 0) is 6.42 Å². The molecule has 0 aliphatic carbocycles. The Bertz CT molecular complexity index is 290. The Kier molecular flexibility index (Phi) is 8.24. The summed E-state index contributed by atoms with van der Waals surface area (Å²) in [5, 5.41) is 8.63. The monoisotopic (exact) mass is 265 g/mol. The first-order chi connectivity index (χ1) is 9.27. The van der Waals surface area contributed by atoms with Gasteiger partial charge in [0, 0.05) is 32.6 Å². The molecule has 19 heavy (non-hydrogen) atoms. The van der Waals surface area contributed by atoms with E-state index in [1.807, 2.05) is 4.90 Å². The van der Waals surface area contributed by atoms with Gasteiger partial charge in [0.05, 0.1) is 12.6 Å². The normalized spacial score (nSPS) is 16.3. The Morgan fingerprint density at radius 2 is 1.68 bits per heavy atom. The number of hydrogen-bond donors (Lipinski definition) is 0. The number of nitriles is 1. The summed E-state index contributed by atoms with van der Waals surface area (Å²) in [4.78, 5) is 16.1. The van der Waals surface area contributed by atoms with Gasteiger partial charge in [0.25, 0.3) is 0 Å². The van der Waals surface area contributed by atoms with E-state index >= 15 is 0 Å². The molecular formula is C15H27N3O. The molecule has 1 amide bonds. The third-order valence-electron chi connectivity index (χ3n) is 3.76. The van der Waals surface area contributed by atoms with Crippen molar-refractivity contribution in [3.05, 3.63) is 0 Å². The van der Waals surface area contributed by atoms with Gasteiger partial charge in [-0.2, -0.15) is 5.26 Å². The van der Waals surface area contributed by atoms with Gasteiger partial charge in [-0.1, -0.05) is 39.0 Å². The van der Waals surface area contributed by atoms with Gasteiger partial charge >= 0.3 is 0 Å². The maximum absolute atomic E-state index is 12.0. The first-order valence-electron chi connectivity index (χ1n) is 7.65. The van der Waals surface area contributed by atoms with Crippen molar-refractivity contribution < 1.29 is 4.79 Å². The van der Waals surface area contributed by atoms with E-state index in [9.17, 15) is 4.79 Å². The van der Waals surface area contributed by atoms with Crippen LogP contribution in [0.3, 0.4) is 0 Å². The molecule has 1 aliphatic rings. The molecule has 0 N–H and O–H groups in total. The minimum Gasteiger partial charge on any atom is -0.340 e. The molecular weight excluding hydrogens is 238 g/mol. The molecule has 108 valence electrons. The number of carbonyl (C=O) groups excluding carboxylic acids is 1. The third kappa shape index (κ3) is 6.58. The summed E-state index contributed by atoms with van der Waals surface area (Å²) in [6, 6.07) is 2.16. The van der Waals surface area contributed by atoms with Crippen LogP contribution >= 0.6 is 0 Å². The van der Waals surface area contributed by atoms with Crippen molar-refractivity contribution in [2.45, 2.75) is 51.9 Å². The summed E-state index contributed by atoms with van der Waals surface area (Å²) >= 11 is 0.